The zero-order valence-electron chi connectivity index (χ0n) is 15.0. The highest BCUT2D eigenvalue weighted by atomic mass is 16.1. The second kappa shape index (κ2) is 7.97. The van der Waals surface area contributed by atoms with E-state index in [1.165, 1.54) is 11.1 Å². The molecule has 3 aromatic rings. The SMILES string of the molecule is CCCCC(=O)NCc1nc2ccccc2n1Cc1ccc(C)cc1. The maximum absolute atomic E-state index is 11.9. The molecule has 0 unspecified atom stereocenters. The predicted octanol–water partition coefficient (Wildman–Crippen LogP) is 4.20. The molecule has 4 heteroatoms. The third-order valence-corrected chi connectivity index (χ3v) is 4.40. The molecule has 1 N–H and O–H groups in total. The number of para-hydroxylation sites is 2. The molecule has 0 atom stereocenters. The van der Waals surface area contributed by atoms with E-state index in [0.29, 0.717) is 13.0 Å². The molecular weight excluding hydrogens is 310 g/mol. The summed E-state index contributed by atoms with van der Waals surface area (Å²) in [7, 11) is 0. The fourth-order valence-electron chi connectivity index (χ4n) is 2.92. The number of nitrogens with zero attached hydrogens (tertiary/aromatic N) is 2. The number of hydrogen-bond donors (Lipinski definition) is 1. The molecule has 0 aliphatic heterocycles. The van der Waals surface area contributed by atoms with Crippen molar-refractivity contribution >= 4 is 16.9 Å². The summed E-state index contributed by atoms with van der Waals surface area (Å²) in [4.78, 5) is 16.7. The molecule has 0 saturated carbocycles. The maximum Gasteiger partial charge on any atom is 0.220 e. The van der Waals surface area contributed by atoms with E-state index in [4.69, 9.17) is 4.98 Å². The molecule has 0 fully saturated rings. The number of imidazole rings is 1. The molecule has 1 aromatic heterocycles. The zero-order chi connectivity index (χ0) is 17.6. The van der Waals surface area contributed by atoms with Crippen LogP contribution in [0.25, 0.3) is 11.0 Å². The Morgan fingerprint density at radius 3 is 2.64 bits per heavy atom. The molecule has 2 aromatic carbocycles. The van der Waals surface area contributed by atoms with Gasteiger partial charge in [0.15, 0.2) is 0 Å². The molecule has 0 bridgehead atoms. The lowest BCUT2D eigenvalue weighted by atomic mass is 10.1. The summed E-state index contributed by atoms with van der Waals surface area (Å²) >= 11 is 0. The van der Waals surface area contributed by atoms with Crippen molar-refractivity contribution in [3.05, 3.63) is 65.5 Å². The molecular formula is C21H25N3O. The van der Waals surface area contributed by atoms with E-state index < -0.39 is 0 Å². The second-order valence-electron chi connectivity index (χ2n) is 6.47. The number of hydrogen-bond acceptors (Lipinski definition) is 2. The molecule has 130 valence electrons. The highest BCUT2D eigenvalue weighted by Crippen LogP contribution is 2.18. The number of carbonyl (C=O) groups is 1. The standard InChI is InChI=1S/C21H25N3O/c1-3-4-9-21(25)22-14-20-23-18-7-5-6-8-19(18)24(20)15-17-12-10-16(2)11-13-17/h5-8,10-13H,3-4,9,14-15H2,1-2H3,(H,22,25). The Kier molecular flexibility index (Phi) is 5.49. The lowest BCUT2D eigenvalue weighted by Gasteiger charge is -2.11. The Morgan fingerprint density at radius 2 is 1.88 bits per heavy atom. The summed E-state index contributed by atoms with van der Waals surface area (Å²) < 4.78 is 2.19. The van der Waals surface area contributed by atoms with E-state index in [0.717, 1.165) is 36.2 Å². The van der Waals surface area contributed by atoms with Crippen LogP contribution in [0.1, 0.15) is 43.1 Å². The number of benzene rings is 2. The average Bonchev–Trinajstić information content (AvgIpc) is 2.98. The summed E-state index contributed by atoms with van der Waals surface area (Å²) in [6, 6.07) is 16.7. The van der Waals surface area contributed by atoms with E-state index >= 15 is 0 Å². The Balaban J connectivity index is 1.84. The van der Waals surface area contributed by atoms with Crippen LogP contribution in [-0.2, 0) is 17.9 Å². The fourth-order valence-corrected chi connectivity index (χ4v) is 2.92. The minimum Gasteiger partial charge on any atom is -0.349 e. The van der Waals surface area contributed by atoms with Crippen molar-refractivity contribution in [2.24, 2.45) is 0 Å². The lowest BCUT2D eigenvalue weighted by Crippen LogP contribution is -2.24. The van der Waals surface area contributed by atoms with Crippen LogP contribution in [0.4, 0.5) is 0 Å². The van der Waals surface area contributed by atoms with Gasteiger partial charge in [0.2, 0.25) is 5.91 Å². The van der Waals surface area contributed by atoms with Gasteiger partial charge in [-0.25, -0.2) is 4.98 Å². The van der Waals surface area contributed by atoms with Crippen molar-refractivity contribution in [2.75, 3.05) is 0 Å². The van der Waals surface area contributed by atoms with Crippen LogP contribution < -0.4 is 5.32 Å². The summed E-state index contributed by atoms with van der Waals surface area (Å²) in [5, 5.41) is 3.01. The molecule has 0 spiro atoms. The second-order valence-corrected chi connectivity index (χ2v) is 6.47. The summed E-state index contributed by atoms with van der Waals surface area (Å²) in [5.74, 6) is 0.988. The monoisotopic (exact) mass is 335 g/mol. The quantitative estimate of drug-likeness (QED) is 0.703. The van der Waals surface area contributed by atoms with Gasteiger partial charge < -0.3 is 9.88 Å². The first-order valence-corrected chi connectivity index (χ1v) is 8.93. The molecule has 0 aliphatic rings. The van der Waals surface area contributed by atoms with Crippen LogP contribution in [0, 0.1) is 6.92 Å². The first-order valence-electron chi connectivity index (χ1n) is 8.93. The number of fused-ring (bicyclic) bond motifs is 1. The van der Waals surface area contributed by atoms with Crippen molar-refractivity contribution in [1.82, 2.24) is 14.9 Å². The minimum atomic E-state index is 0.0933. The maximum atomic E-state index is 11.9. The summed E-state index contributed by atoms with van der Waals surface area (Å²) in [6.45, 7) is 5.39. The Labute approximate surface area is 148 Å². The van der Waals surface area contributed by atoms with Gasteiger partial charge in [0.1, 0.15) is 5.82 Å². The average molecular weight is 335 g/mol. The smallest absolute Gasteiger partial charge is 0.220 e. The molecule has 0 radical (unpaired) electrons. The van der Waals surface area contributed by atoms with Crippen molar-refractivity contribution in [3.8, 4) is 0 Å². The Bertz CT molecular complexity index is 849. The number of aryl methyl sites for hydroxylation is 1. The van der Waals surface area contributed by atoms with Gasteiger partial charge >= 0.3 is 0 Å². The molecule has 0 saturated heterocycles. The number of rotatable bonds is 7. The number of carbonyl (C=O) groups excluding carboxylic acids is 1. The van der Waals surface area contributed by atoms with Crippen LogP contribution >= 0.6 is 0 Å². The minimum absolute atomic E-state index is 0.0933. The van der Waals surface area contributed by atoms with Gasteiger partial charge in [-0.1, -0.05) is 55.3 Å². The van der Waals surface area contributed by atoms with Gasteiger partial charge in [-0.2, -0.15) is 0 Å². The van der Waals surface area contributed by atoms with Crippen molar-refractivity contribution in [3.63, 3.8) is 0 Å². The van der Waals surface area contributed by atoms with E-state index in [9.17, 15) is 4.79 Å². The van der Waals surface area contributed by atoms with Crippen LogP contribution in [-0.4, -0.2) is 15.5 Å². The summed E-state index contributed by atoms with van der Waals surface area (Å²) in [6.07, 6.45) is 2.53. The third-order valence-electron chi connectivity index (χ3n) is 4.40. The lowest BCUT2D eigenvalue weighted by molar-refractivity contribution is -0.121. The van der Waals surface area contributed by atoms with Gasteiger partial charge in [-0.05, 0) is 31.0 Å². The molecule has 1 heterocycles. The van der Waals surface area contributed by atoms with Crippen molar-refractivity contribution < 1.29 is 4.79 Å². The Hall–Kier alpha value is -2.62. The zero-order valence-corrected chi connectivity index (χ0v) is 15.0. The van der Waals surface area contributed by atoms with Crippen LogP contribution in [0.2, 0.25) is 0 Å². The molecule has 3 rings (SSSR count). The molecule has 4 nitrogen and oxygen atoms in total. The van der Waals surface area contributed by atoms with Crippen LogP contribution in [0.3, 0.4) is 0 Å². The van der Waals surface area contributed by atoms with E-state index in [1.807, 2.05) is 18.2 Å². The molecule has 25 heavy (non-hydrogen) atoms. The van der Waals surface area contributed by atoms with E-state index in [-0.39, 0.29) is 5.91 Å². The number of amides is 1. The molecule has 1 amide bonds. The predicted molar refractivity (Wildman–Crippen MR) is 101 cm³/mol. The Morgan fingerprint density at radius 1 is 1.12 bits per heavy atom. The number of nitrogens with one attached hydrogen (secondary N) is 1. The van der Waals surface area contributed by atoms with E-state index in [1.54, 1.807) is 0 Å². The largest absolute Gasteiger partial charge is 0.349 e. The van der Waals surface area contributed by atoms with Gasteiger partial charge in [-0.15, -0.1) is 0 Å². The van der Waals surface area contributed by atoms with Gasteiger partial charge in [-0.3, -0.25) is 4.79 Å². The number of unbranched alkanes of at least 4 members (excludes halogenated alkanes) is 1. The van der Waals surface area contributed by atoms with Crippen molar-refractivity contribution in [1.29, 1.82) is 0 Å². The highest BCUT2D eigenvalue weighted by molar-refractivity contribution is 5.77. The molecule has 0 aliphatic carbocycles. The van der Waals surface area contributed by atoms with E-state index in [2.05, 4.69) is 54.1 Å². The normalized spacial score (nSPS) is 11.0. The number of aromatic nitrogens is 2. The highest BCUT2D eigenvalue weighted by Gasteiger charge is 2.12. The topological polar surface area (TPSA) is 46.9 Å². The van der Waals surface area contributed by atoms with Gasteiger partial charge in [0, 0.05) is 13.0 Å². The van der Waals surface area contributed by atoms with Crippen LogP contribution in [0.5, 0.6) is 0 Å². The fraction of sp³-hybridized carbons (Fsp3) is 0.333. The third kappa shape index (κ3) is 4.27. The van der Waals surface area contributed by atoms with Crippen molar-refractivity contribution in [2.45, 2.75) is 46.2 Å². The van der Waals surface area contributed by atoms with Gasteiger partial charge in [0.25, 0.3) is 0 Å². The van der Waals surface area contributed by atoms with Gasteiger partial charge in [0.05, 0.1) is 17.6 Å². The first kappa shape index (κ1) is 17.2. The van der Waals surface area contributed by atoms with Crippen LogP contribution in [0.15, 0.2) is 48.5 Å². The first-order chi connectivity index (χ1) is 12.2. The summed E-state index contributed by atoms with van der Waals surface area (Å²) in [5.41, 5.74) is 4.54.